The van der Waals surface area contributed by atoms with Gasteiger partial charge in [-0.05, 0) is 41.5 Å². The molecule has 9 aromatic rings. The van der Waals surface area contributed by atoms with Gasteiger partial charge in [-0.1, -0.05) is 133 Å². The Labute approximate surface area is 254 Å². The van der Waals surface area contributed by atoms with Crippen LogP contribution in [0.3, 0.4) is 0 Å². The molecule has 0 aliphatic heterocycles. The van der Waals surface area contributed by atoms with Crippen LogP contribution in [0.5, 0.6) is 0 Å². The summed E-state index contributed by atoms with van der Waals surface area (Å²) in [6.45, 7) is 0. The Kier molecular flexibility index (Phi) is 5.50. The average molecular weight is 562 g/mol. The summed E-state index contributed by atoms with van der Waals surface area (Å²) in [5.41, 5.74) is 10.2. The minimum atomic E-state index is 0.937. The number of para-hydroxylation sites is 2. The van der Waals surface area contributed by atoms with Gasteiger partial charge in [0.1, 0.15) is 11.3 Å². The summed E-state index contributed by atoms with van der Waals surface area (Å²) in [4.78, 5) is 5.51. The zero-order valence-corrected chi connectivity index (χ0v) is 23.9. The fraction of sp³-hybridized carbons (Fsp3) is 0. The molecule has 9 rings (SSSR count). The number of hydrogen-bond acceptors (Lipinski definition) is 1. The Hall–Kier alpha value is -5.93. The van der Waals surface area contributed by atoms with Gasteiger partial charge in [0.2, 0.25) is 0 Å². The number of aromatic nitrogens is 3. The van der Waals surface area contributed by atoms with E-state index in [0.717, 1.165) is 33.8 Å². The molecule has 0 bridgehead atoms. The van der Waals surface area contributed by atoms with Crippen LogP contribution in [0.2, 0.25) is 0 Å². The molecular weight excluding hydrogens is 534 g/mol. The molecule has 0 N–H and O–H groups in total. The Morgan fingerprint density at radius 3 is 1.66 bits per heavy atom. The van der Waals surface area contributed by atoms with Crippen molar-refractivity contribution >= 4 is 43.6 Å². The van der Waals surface area contributed by atoms with Crippen molar-refractivity contribution in [1.29, 1.82) is 0 Å². The summed E-state index contributed by atoms with van der Waals surface area (Å²) >= 11 is 0. The van der Waals surface area contributed by atoms with E-state index < -0.39 is 0 Å². The molecule has 0 saturated carbocycles. The number of imidazole rings is 1. The smallest absolute Gasteiger partial charge is 0.145 e. The molecule has 3 heteroatoms. The van der Waals surface area contributed by atoms with E-state index in [1.54, 1.807) is 0 Å². The number of nitrogens with zero attached hydrogens (tertiary/aromatic N) is 3. The third kappa shape index (κ3) is 3.66. The topological polar surface area (TPSA) is 22.8 Å². The van der Waals surface area contributed by atoms with Gasteiger partial charge in [-0.25, -0.2) is 4.98 Å². The second kappa shape index (κ2) is 9.82. The van der Waals surface area contributed by atoms with E-state index >= 15 is 0 Å². The van der Waals surface area contributed by atoms with Gasteiger partial charge in [0.05, 0.1) is 16.6 Å². The quantitative estimate of drug-likeness (QED) is 0.210. The van der Waals surface area contributed by atoms with Crippen molar-refractivity contribution in [2.75, 3.05) is 0 Å². The molecule has 0 fully saturated rings. The van der Waals surface area contributed by atoms with Crippen molar-refractivity contribution in [1.82, 2.24) is 14.1 Å². The molecule has 3 nitrogen and oxygen atoms in total. The lowest BCUT2D eigenvalue weighted by Gasteiger charge is -2.14. The van der Waals surface area contributed by atoms with Crippen LogP contribution in [-0.2, 0) is 0 Å². The standard InChI is InChI=1S/C41H27N3/c1-4-15-28(16-5-1)30-19-14-22-32(27-30)43-36-26-13-12-25-35(36)37-38-40(34-24-11-10-23-33(34)39(37)43)44(31-20-8-3-9-21-31)41(42-38)29-17-6-2-7-18-29/h1-27H. The van der Waals surface area contributed by atoms with Gasteiger partial charge in [0, 0.05) is 38.5 Å². The highest BCUT2D eigenvalue weighted by Gasteiger charge is 2.24. The Bertz CT molecular complexity index is 2470. The number of benzene rings is 7. The van der Waals surface area contributed by atoms with Gasteiger partial charge >= 0.3 is 0 Å². The lowest BCUT2D eigenvalue weighted by atomic mass is 10.0. The third-order valence-corrected chi connectivity index (χ3v) is 8.68. The van der Waals surface area contributed by atoms with Gasteiger partial charge in [-0.3, -0.25) is 4.57 Å². The number of fused-ring (bicyclic) bond motifs is 8. The normalized spacial score (nSPS) is 11.6. The van der Waals surface area contributed by atoms with Crippen LogP contribution in [0.4, 0.5) is 0 Å². The van der Waals surface area contributed by atoms with Crippen molar-refractivity contribution in [3.63, 3.8) is 0 Å². The number of rotatable bonds is 4. The summed E-state index contributed by atoms with van der Waals surface area (Å²) in [7, 11) is 0. The predicted octanol–water partition coefficient (Wildman–Crippen LogP) is 10.6. The molecular formula is C41H27N3. The Morgan fingerprint density at radius 1 is 0.386 bits per heavy atom. The van der Waals surface area contributed by atoms with E-state index in [4.69, 9.17) is 4.98 Å². The summed E-state index contributed by atoms with van der Waals surface area (Å²) in [5, 5.41) is 4.75. The van der Waals surface area contributed by atoms with Crippen molar-refractivity contribution in [2.24, 2.45) is 0 Å². The first-order chi connectivity index (χ1) is 21.9. The first kappa shape index (κ1) is 24.6. The fourth-order valence-electron chi connectivity index (χ4n) is 6.81. The van der Waals surface area contributed by atoms with E-state index in [1.165, 1.54) is 43.7 Å². The number of hydrogen-bond donors (Lipinski definition) is 0. The van der Waals surface area contributed by atoms with Crippen LogP contribution in [0.25, 0.3) is 77.5 Å². The highest BCUT2D eigenvalue weighted by Crippen LogP contribution is 2.44. The molecule has 0 unspecified atom stereocenters. The Morgan fingerprint density at radius 2 is 0.932 bits per heavy atom. The first-order valence-corrected chi connectivity index (χ1v) is 15.0. The zero-order chi connectivity index (χ0) is 29.0. The van der Waals surface area contributed by atoms with Gasteiger partial charge in [-0.15, -0.1) is 0 Å². The van der Waals surface area contributed by atoms with Crippen molar-refractivity contribution in [2.45, 2.75) is 0 Å². The Balaban J connectivity index is 1.48. The zero-order valence-electron chi connectivity index (χ0n) is 23.9. The monoisotopic (exact) mass is 561 g/mol. The maximum absolute atomic E-state index is 5.51. The minimum absolute atomic E-state index is 0.937. The van der Waals surface area contributed by atoms with E-state index in [0.29, 0.717) is 0 Å². The molecule has 7 aromatic carbocycles. The van der Waals surface area contributed by atoms with Gasteiger partial charge in [0.15, 0.2) is 0 Å². The van der Waals surface area contributed by atoms with Gasteiger partial charge in [0.25, 0.3) is 0 Å². The summed E-state index contributed by atoms with van der Waals surface area (Å²) in [6.07, 6.45) is 0. The average Bonchev–Trinajstić information content (AvgIpc) is 3.67. The molecule has 206 valence electrons. The second-order valence-corrected chi connectivity index (χ2v) is 11.2. The lowest BCUT2D eigenvalue weighted by Crippen LogP contribution is -1.98. The van der Waals surface area contributed by atoms with Crippen LogP contribution < -0.4 is 0 Å². The summed E-state index contributed by atoms with van der Waals surface area (Å²) < 4.78 is 4.77. The van der Waals surface area contributed by atoms with Crippen molar-refractivity contribution < 1.29 is 0 Å². The SMILES string of the molecule is c1ccc(-c2cccc(-n3c4ccccc4c4c5nc(-c6ccccc6)n(-c6ccccc6)c5c5ccccc5c43)c2)cc1. The first-order valence-electron chi connectivity index (χ1n) is 15.0. The second-order valence-electron chi connectivity index (χ2n) is 11.2. The molecule has 2 heterocycles. The van der Waals surface area contributed by atoms with Crippen LogP contribution in [0.1, 0.15) is 0 Å². The molecule has 0 amide bonds. The molecule has 0 saturated heterocycles. The molecule has 0 aliphatic carbocycles. The fourth-order valence-corrected chi connectivity index (χ4v) is 6.81. The van der Waals surface area contributed by atoms with E-state index in [1.807, 2.05) is 0 Å². The predicted molar refractivity (Wildman–Crippen MR) is 184 cm³/mol. The molecule has 0 radical (unpaired) electrons. The van der Waals surface area contributed by atoms with E-state index in [9.17, 15) is 0 Å². The summed E-state index contributed by atoms with van der Waals surface area (Å²) in [5.74, 6) is 0.937. The van der Waals surface area contributed by atoms with Gasteiger partial charge < -0.3 is 4.57 Å². The van der Waals surface area contributed by atoms with Gasteiger partial charge in [-0.2, -0.15) is 0 Å². The molecule has 44 heavy (non-hydrogen) atoms. The third-order valence-electron chi connectivity index (χ3n) is 8.68. The van der Waals surface area contributed by atoms with Crippen molar-refractivity contribution in [3.05, 3.63) is 164 Å². The van der Waals surface area contributed by atoms with Crippen LogP contribution in [0, 0.1) is 0 Å². The van der Waals surface area contributed by atoms with Crippen LogP contribution in [0.15, 0.2) is 164 Å². The maximum Gasteiger partial charge on any atom is 0.145 e. The molecule has 0 atom stereocenters. The molecule has 0 spiro atoms. The van der Waals surface area contributed by atoms with Crippen molar-refractivity contribution in [3.8, 4) is 33.9 Å². The molecule has 0 aliphatic rings. The summed E-state index contributed by atoms with van der Waals surface area (Å²) in [6, 6.07) is 58.2. The maximum atomic E-state index is 5.51. The highest BCUT2D eigenvalue weighted by atomic mass is 15.1. The van der Waals surface area contributed by atoms with Crippen LogP contribution >= 0.6 is 0 Å². The van der Waals surface area contributed by atoms with E-state index in [-0.39, 0.29) is 0 Å². The largest absolute Gasteiger partial charge is 0.309 e. The highest BCUT2D eigenvalue weighted by molar-refractivity contribution is 6.31. The minimum Gasteiger partial charge on any atom is -0.309 e. The molecule has 2 aromatic heterocycles. The lowest BCUT2D eigenvalue weighted by molar-refractivity contribution is 1.11. The van der Waals surface area contributed by atoms with Crippen LogP contribution in [-0.4, -0.2) is 14.1 Å². The van der Waals surface area contributed by atoms with E-state index in [2.05, 4.69) is 173 Å².